The molecule has 0 aromatic rings. The molecule has 11 fully saturated rings. The molecule has 62 heteroatoms. The molecule has 11 rings (SSSR count). The second kappa shape index (κ2) is 50.7. The van der Waals surface area contributed by atoms with Gasteiger partial charge in [0.05, 0.1) is 72.7 Å². The van der Waals surface area contributed by atoms with Crippen LogP contribution in [0, 0.1) is 0 Å². The minimum atomic E-state index is -2.89. The summed E-state index contributed by atoms with van der Waals surface area (Å²) >= 11 is 0. The number of carbonyl (C=O) groups excluding carboxylic acids is 6. The number of aliphatic hydroxyl groups excluding tert-OH is 29. The highest BCUT2D eigenvalue weighted by Crippen LogP contribution is 2.43. The maximum Gasteiger partial charge on any atom is 0.217 e. The number of amides is 6. The summed E-state index contributed by atoms with van der Waals surface area (Å²) in [6.07, 6.45) is -109. The van der Waals surface area contributed by atoms with Gasteiger partial charge >= 0.3 is 0 Å². The number of rotatable bonds is 37. The van der Waals surface area contributed by atoms with Gasteiger partial charge in [-0.15, -0.1) is 0 Å². The lowest BCUT2D eigenvalue weighted by atomic mass is 9.93. The fourth-order valence-electron chi connectivity index (χ4n) is 18.1. The zero-order valence-electron chi connectivity index (χ0n) is 75.5. The molecule has 6 amide bonds. The third kappa shape index (κ3) is 25.8. The van der Waals surface area contributed by atoms with Crippen LogP contribution in [0.15, 0.2) is 0 Å². The Labute approximate surface area is 792 Å². The molecule has 11 heterocycles. The topological polar surface area (TPSA) is 955 Å². The Kier molecular flexibility index (Phi) is 41.7. The van der Waals surface area contributed by atoms with E-state index in [-0.39, 0.29) is 0 Å². The van der Waals surface area contributed by atoms with E-state index < -0.39 is 446 Å². The van der Waals surface area contributed by atoms with Crippen molar-refractivity contribution in [3.05, 3.63) is 0 Å². The number of hydrogen-bond donors (Lipinski definition) is 35. The van der Waals surface area contributed by atoms with Gasteiger partial charge in [0.1, 0.15) is 268 Å². The number of carbonyl (C=O) groups is 6. The largest absolute Gasteiger partial charge is 0.394 e. The van der Waals surface area contributed by atoms with Crippen molar-refractivity contribution in [3.8, 4) is 0 Å². The quantitative estimate of drug-likeness (QED) is 0.0275. The van der Waals surface area contributed by atoms with Crippen LogP contribution in [-0.2, 0) is 128 Å². The van der Waals surface area contributed by atoms with Crippen molar-refractivity contribution in [2.75, 3.05) is 72.7 Å². The van der Waals surface area contributed by atoms with E-state index in [0.29, 0.717) is 0 Å². The first kappa shape index (κ1) is 115. The zero-order valence-corrected chi connectivity index (χ0v) is 75.5. The molecule has 0 unspecified atom stereocenters. The Bertz CT molecular complexity index is 3920. The molecular formula is C78H130N6O56. The Morgan fingerprint density at radius 3 is 0.786 bits per heavy atom. The van der Waals surface area contributed by atoms with Crippen LogP contribution >= 0.6 is 0 Å². The normalized spacial score (nSPS) is 48.1. The van der Waals surface area contributed by atoms with Gasteiger partial charge in [-0.25, -0.2) is 0 Å². The van der Waals surface area contributed by atoms with E-state index >= 15 is 0 Å². The molecule has 55 atom stereocenters. The number of ether oxygens (including phenoxy) is 21. The summed E-state index contributed by atoms with van der Waals surface area (Å²) in [6, 6.07) is -11.8. The van der Waals surface area contributed by atoms with Crippen molar-refractivity contribution in [1.29, 1.82) is 0 Å². The van der Waals surface area contributed by atoms with Gasteiger partial charge in [0.15, 0.2) is 69.2 Å². The first-order valence-corrected chi connectivity index (χ1v) is 44.6. The van der Waals surface area contributed by atoms with E-state index in [4.69, 9.17) is 99.5 Å². The van der Waals surface area contributed by atoms with Crippen LogP contribution in [0.25, 0.3) is 0 Å². The second-order valence-electron chi connectivity index (χ2n) is 35.3. The Hall–Kier alpha value is -5.18. The predicted molar refractivity (Wildman–Crippen MR) is 432 cm³/mol. The lowest BCUT2D eigenvalue weighted by Crippen LogP contribution is -2.72. The molecule has 0 bridgehead atoms. The maximum absolute atomic E-state index is 13.7. The van der Waals surface area contributed by atoms with E-state index in [1.54, 1.807) is 0 Å². The fourth-order valence-corrected chi connectivity index (χ4v) is 18.1. The van der Waals surface area contributed by atoms with Gasteiger partial charge in [-0.1, -0.05) is 0 Å². The van der Waals surface area contributed by atoms with Crippen molar-refractivity contribution in [2.45, 2.75) is 379 Å². The van der Waals surface area contributed by atoms with Gasteiger partial charge in [-0.3, -0.25) is 28.8 Å². The predicted octanol–water partition coefficient (Wildman–Crippen LogP) is -24.1. The number of aliphatic hydroxyl groups is 29. The smallest absolute Gasteiger partial charge is 0.217 e. The molecule has 0 aromatic heterocycles. The van der Waals surface area contributed by atoms with Gasteiger partial charge in [0.2, 0.25) is 35.4 Å². The average Bonchev–Trinajstić information content (AvgIpc) is 0.760. The first-order chi connectivity index (χ1) is 66.2. The summed E-state index contributed by atoms with van der Waals surface area (Å²) in [6.45, 7) is -7.71. The number of hydrogen-bond acceptors (Lipinski definition) is 56. The van der Waals surface area contributed by atoms with E-state index in [9.17, 15) is 177 Å². The van der Waals surface area contributed by atoms with E-state index in [2.05, 4.69) is 31.9 Å². The molecule has 0 saturated carbocycles. The van der Waals surface area contributed by atoms with Gasteiger partial charge in [-0.2, -0.15) is 0 Å². The highest BCUT2D eigenvalue weighted by molar-refractivity contribution is 5.75. The molecule has 62 nitrogen and oxygen atoms in total. The molecule has 0 aliphatic carbocycles. The van der Waals surface area contributed by atoms with Crippen LogP contribution < -0.4 is 31.9 Å². The van der Waals surface area contributed by atoms with Crippen molar-refractivity contribution in [2.24, 2.45) is 0 Å². The fraction of sp³-hybridized carbons (Fsp3) is 0.923. The average molecular weight is 2050 g/mol. The molecule has 808 valence electrons. The minimum absolute atomic E-state index is 0.801. The molecular weight excluding hydrogens is 1920 g/mol. The zero-order chi connectivity index (χ0) is 103. The Morgan fingerprint density at radius 1 is 0.186 bits per heavy atom. The summed E-state index contributed by atoms with van der Waals surface area (Å²) in [5.41, 5.74) is 0. The molecule has 11 aliphatic heterocycles. The maximum atomic E-state index is 13.7. The molecule has 0 radical (unpaired) electrons. The van der Waals surface area contributed by atoms with Gasteiger partial charge < -0.3 is 279 Å². The molecule has 0 aromatic carbocycles. The van der Waals surface area contributed by atoms with E-state index in [1.807, 2.05) is 0 Å². The summed E-state index contributed by atoms with van der Waals surface area (Å²) in [4.78, 5) is 78.1. The molecule has 0 spiro atoms. The Morgan fingerprint density at radius 2 is 0.414 bits per heavy atom. The van der Waals surface area contributed by atoms with Crippen molar-refractivity contribution in [1.82, 2.24) is 31.9 Å². The lowest BCUT2D eigenvalue weighted by molar-refractivity contribution is -0.412. The lowest BCUT2D eigenvalue weighted by Gasteiger charge is -2.53. The van der Waals surface area contributed by atoms with Crippen LogP contribution in [0.2, 0.25) is 0 Å². The summed E-state index contributed by atoms with van der Waals surface area (Å²) in [7, 11) is 0. The third-order valence-corrected chi connectivity index (χ3v) is 25.4. The monoisotopic (exact) mass is 2050 g/mol. The van der Waals surface area contributed by atoms with Crippen LogP contribution in [0.1, 0.15) is 41.5 Å². The van der Waals surface area contributed by atoms with E-state index in [1.165, 1.54) is 0 Å². The first-order valence-electron chi connectivity index (χ1n) is 44.6. The Balaban J connectivity index is 1.04. The van der Waals surface area contributed by atoms with Crippen molar-refractivity contribution in [3.63, 3.8) is 0 Å². The number of nitrogens with one attached hydrogen (secondary N) is 6. The van der Waals surface area contributed by atoms with Gasteiger partial charge in [-0.05, 0) is 0 Å². The molecule has 11 aliphatic rings. The van der Waals surface area contributed by atoms with Crippen molar-refractivity contribution >= 4 is 35.4 Å². The molecule has 35 N–H and O–H groups in total. The molecule has 11 saturated heterocycles. The van der Waals surface area contributed by atoms with Crippen molar-refractivity contribution < 1.29 is 276 Å². The minimum Gasteiger partial charge on any atom is -0.394 e. The standard InChI is InChI=1S/C78H130N6O56/c1-18(94)79-35-50(109)60(29(12-90)122-68(35)119)133-72-39(83-22(5)98)51(110)61(30(13-91)128-72)134-73-40(84-23(6)99)52(111)62(31(14-92)129-73)136-77-59(118)66(139-78-67(140-71-38(82-21(4)97)49(108)43(102)26(9-87)125-71)57(116)63(32(15-93)130-78)135-69-36(80-19(2)95)47(106)41(100)24(7-85)123-69)64(137-70-37(81-20(3)96)48(107)42(101)25(8-86)124-70)34(132-77)17-121-75-58(117)65(138-76-56(115)54(113)45(104)28(11-89)127-76)46(105)33(131-75)16-120-74-55(114)53(112)44(103)27(10-88)126-74/h24-78,85-93,100-119H,7-17H2,1-6H3,(H,79,94)(H,80,95)(H,81,96)(H,82,97)(H,83,98)(H,84,99)/t24-,25-,26-,27-,28-,29-,30-,31-,32-,33-,34-,35-,36-,37-,38-,39-,40-,41-,42-,43-,44-,45-,46-,47-,48-,49-,50-,51-,52-,53+,54+,55+,56+,57+,58+,59+,60-,61-,62-,63-,64-,65+,66-,67+,68-,69+,70+,71+,72+,73+,74+,75+,76-,77+,78-/m1/s1. The van der Waals surface area contributed by atoms with Crippen LogP contribution in [0.3, 0.4) is 0 Å². The van der Waals surface area contributed by atoms with Gasteiger partial charge in [0, 0.05) is 41.5 Å². The van der Waals surface area contributed by atoms with Crippen LogP contribution in [0.5, 0.6) is 0 Å². The van der Waals surface area contributed by atoms with Crippen LogP contribution in [-0.4, -0.2) is 594 Å². The third-order valence-electron chi connectivity index (χ3n) is 25.4. The highest BCUT2D eigenvalue weighted by atomic mass is 16.8. The highest BCUT2D eigenvalue weighted by Gasteiger charge is 2.64. The van der Waals surface area contributed by atoms with E-state index in [0.717, 1.165) is 41.5 Å². The summed E-state index contributed by atoms with van der Waals surface area (Å²) in [5, 5.41) is 344. The van der Waals surface area contributed by atoms with Crippen LogP contribution in [0.4, 0.5) is 0 Å². The molecule has 140 heavy (non-hydrogen) atoms. The summed E-state index contributed by atoms with van der Waals surface area (Å²) < 4.78 is 129. The summed E-state index contributed by atoms with van der Waals surface area (Å²) in [5.74, 6) is -5.83. The van der Waals surface area contributed by atoms with Gasteiger partial charge in [0.25, 0.3) is 0 Å². The second-order valence-corrected chi connectivity index (χ2v) is 35.3. The SMILES string of the molecule is CC(=O)N[C@@H]1[C@@H](O)[C@H](O[C@@H]2O[C@H](CO)[C@@H](O[C@@H]3O[C@H](CO)[C@@H](O[C@@H]4O[C@H](CO[C@H]5O[C@H](CO[C@H]6O[C@H](CO)[C@@H](O)[C@H](O)[C@@H]6O)[C@@H](O)[C@H](O[C@H]6O[C@H](CO)[C@@H](O)[C@H](O)[C@@H]6O)[C@@H]5O)[C@@H](O[C@@H]5O[C@H](CO)[C@@H](O)[C@H](O)[C@H]5NC(C)=O)[C@H](O[C@H]5O[C@H](CO)[C@@H](O[C@@H]6O[C@H](CO)[C@@H](O)[C@H](O)[C@H]6NC(C)=O)[C@H](O)[C@@H]5O[C@@H]5O[C@H](CO)[C@@H](O)[C@H](O)[C@H]5NC(C)=O)[C@@H]4O)[C@H](O)[C@H]3NC(C)=O)[C@H](O)[C@H]2NC(C)=O)[C@@H](CO)O[C@H]1O.